The third-order valence-electron chi connectivity index (χ3n) is 4.78. The summed E-state index contributed by atoms with van der Waals surface area (Å²) in [6.07, 6.45) is 1.19. The van der Waals surface area contributed by atoms with Crippen LogP contribution in [0, 0.1) is 5.92 Å². The van der Waals surface area contributed by atoms with E-state index in [1.54, 1.807) is 0 Å². The number of sulfonamides is 1. The number of nitrogens with one attached hydrogen (secondary N) is 1. The van der Waals surface area contributed by atoms with Gasteiger partial charge >= 0.3 is 6.18 Å². The van der Waals surface area contributed by atoms with Crippen molar-refractivity contribution >= 4 is 21.6 Å². The van der Waals surface area contributed by atoms with Crippen LogP contribution in [0.4, 0.5) is 18.9 Å². The standard InChI is InChI=1S/C20H31F3N2O3S/c1-4-6-8-16(5-2)15-24-19(26)9-7-14-25(29(3,27)28)18-12-10-17(11-13-18)20(21,22)23/h10-13,16H,4-9,14-15H2,1-3H3,(H,24,26)/t16-/m1/s1. The predicted octanol–water partition coefficient (Wildman–Crippen LogP) is 4.58. The average Bonchev–Trinajstić information content (AvgIpc) is 2.64. The highest BCUT2D eigenvalue weighted by Crippen LogP contribution is 2.31. The Hall–Kier alpha value is -1.77. The first-order chi connectivity index (χ1) is 13.5. The van der Waals surface area contributed by atoms with Gasteiger partial charge in [-0.1, -0.05) is 33.1 Å². The van der Waals surface area contributed by atoms with Crippen LogP contribution in [0.5, 0.6) is 0 Å². The summed E-state index contributed by atoms with van der Waals surface area (Å²) < 4.78 is 63.2. The molecule has 0 radical (unpaired) electrons. The minimum absolute atomic E-state index is 0.0185. The van der Waals surface area contributed by atoms with E-state index in [1.807, 2.05) is 0 Å². The molecule has 1 rings (SSSR count). The van der Waals surface area contributed by atoms with Crippen LogP contribution in [0.25, 0.3) is 0 Å². The Morgan fingerprint density at radius 3 is 2.24 bits per heavy atom. The quantitative estimate of drug-likeness (QED) is 0.521. The lowest BCUT2D eigenvalue weighted by atomic mass is 9.99. The van der Waals surface area contributed by atoms with E-state index in [4.69, 9.17) is 0 Å². The van der Waals surface area contributed by atoms with Gasteiger partial charge in [0.05, 0.1) is 17.5 Å². The van der Waals surface area contributed by atoms with Gasteiger partial charge in [-0.3, -0.25) is 9.10 Å². The summed E-state index contributed by atoms with van der Waals surface area (Å²) in [5.41, 5.74) is -0.700. The number of hydrogen-bond acceptors (Lipinski definition) is 3. The summed E-state index contributed by atoms with van der Waals surface area (Å²) in [6.45, 7) is 4.82. The van der Waals surface area contributed by atoms with E-state index in [0.717, 1.165) is 60.5 Å². The van der Waals surface area contributed by atoms with Crippen molar-refractivity contribution in [3.8, 4) is 0 Å². The van der Waals surface area contributed by atoms with Gasteiger partial charge in [0.2, 0.25) is 15.9 Å². The maximum atomic E-state index is 12.7. The number of rotatable bonds is 12. The SMILES string of the molecule is CCCC[C@@H](CC)CNC(=O)CCCN(c1ccc(C(F)(F)F)cc1)S(C)(=O)=O. The van der Waals surface area contributed by atoms with Crippen molar-refractivity contribution in [3.05, 3.63) is 29.8 Å². The highest BCUT2D eigenvalue weighted by molar-refractivity contribution is 7.92. The number of alkyl halides is 3. The smallest absolute Gasteiger partial charge is 0.356 e. The molecular formula is C20H31F3N2O3S. The summed E-state index contributed by atoms with van der Waals surface area (Å²) in [7, 11) is -3.68. The molecule has 0 spiro atoms. The van der Waals surface area contributed by atoms with Crippen LogP contribution in [-0.2, 0) is 21.0 Å². The van der Waals surface area contributed by atoms with E-state index in [-0.39, 0.29) is 31.0 Å². The zero-order chi connectivity index (χ0) is 22.1. The summed E-state index contributed by atoms with van der Waals surface area (Å²) in [5.74, 6) is 0.277. The zero-order valence-electron chi connectivity index (χ0n) is 17.3. The maximum absolute atomic E-state index is 12.7. The molecule has 0 unspecified atom stereocenters. The first kappa shape index (κ1) is 25.3. The molecule has 0 fully saturated rings. The number of anilines is 1. The Labute approximate surface area is 171 Å². The number of halogens is 3. The molecule has 0 saturated heterocycles. The van der Waals surface area contributed by atoms with Gasteiger partial charge in [-0.05, 0) is 43.0 Å². The minimum atomic E-state index is -4.49. The number of carbonyl (C=O) groups excluding carboxylic acids is 1. The molecule has 0 aromatic heterocycles. The molecule has 0 aliphatic rings. The Kier molecular flexibility index (Phi) is 9.95. The van der Waals surface area contributed by atoms with Crippen molar-refractivity contribution < 1.29 is 26.4 Å². The van der Waals surface area contributed by atoms with Crippen LogP contribution < -0.4 is 9.62 Å². The number of nitrogens with zero attached hydrogens (tertiary/aromatic N) is 1. The van der Waals surface area contributed by atoms with Gasteiger partial charge in [0, 0.05) is 19.5 Å². The second-order valence-electron chi connectivity index (χ2n) is 7.20. The van der Waals surface area contributed by atoms with Gasteiger partial charge in [-0.15, -0.1) is 0 Å². The van der Waals surface area contributed by atoms with Crippen LogP contribution in [0.3, 0.4) is 0 Å². The Morgan fingerprint density at radius 2 is 1.76 bits per heavy atom. The van der Waals surface area contributed by atoms with Gasteiger partial charge in [0.1, 0.15) is 0 Å². The largest absolute Gasteiger partial charge is 0.416 e. The van der Waals surface area contributed by atoms with E-state index in [2.05, 4.69) is 19.2 Å². The number of unbranched alkanes of at least 4 members (excludes halogenated alkanes) is 1. The van der Waals surface area contributed by atoms with Gasteiger partial charge in [-0.2, -0.15) is 13.2 Å². The van der Waals surface area contributed by atoms with Gasteiger partial charge in [-0.25, -0.2) is 8.42 Å². The van der Waals surface area contributed by atoms with Crippen LogP contribution in [0.1, 0.15) is 57.9 Å². The monoisotopic (exact) mass is 436 g/mol. The lowest BCUT2D eigenvalue weighted by molar-refractivity contribution is -0.137. The Morgan fingerprint density at radius 1 is 1.14 bits per heavy atom. The zero-order valence-corrected chi connectivity index (χ0v) is 18.1. The molecule has 29 heavy (non-hydrogen) atoms. The van der Waals surface area contributed by atoms with Gasteiger partial charge in [0.15, 0.2) is 0 Å². The molecule has 1 amide bonds. The lowest BCUT2D eigenvalue weighted by Crippen LogP contribution is -2.33. The third-order valence-corrected chi connectivity index (χ3v) is 5.97. The van der Waals surface area contributed by atoms with E-state index in [1.165, 1.54) is 0 Å². The van der Waals surface area contributed by atoms with Gasteiger partial charge < -0.3 is 5.32 Å². The molecule has 0 bridgehead atoms. The molecule has 1 atom stereocenters. The highest BCUT2D eigenvalue weighted by atomic mass is 32.2. The Balaban J connectivity index is 2.62. The summed E-state index contributed by atoms with van der Waals surface area (Å²) in [5, 5.41) is 2.89. The van der Waals surface area contributed by atoms with Crippen LogP contribution in [0.15, 0.2) is 24.3 Å². The molecule has 1 aromatic carbocycles. The molecule has 0 aliphatic heterocycles. The van der Waals surface area contributed by atoms with Crippen molar-refractivity contribution in [2.24, 2.45) is 5.92 Å². The van der Waals surface area contributed by atoms with Crippen LogP contribution >= 0.6 is 0 Å². The van der Waals surface area contributed by atoms with Crippen molar-refractivity contribution in [2.75, 3.05) is 23.7 Å². The lowest BCUT2D eigenvalue weighted by Gasteiger charge is -2.23. The van der Waals surface area contributed by atoms with Crippen LogP contribution in [-0.4, -0.2) is 33.7 Å². The molecule has 5 nitrogen and oxygen atoms in total. The molecule has 1 aromatic rings. The minimum Gasteiger partial charge on any atom is -0.356 e. The molecule has 0 heterocycles. The van der Waals surface area contributed by atoms with E-state index >= 15 is 0 Å². The molecule has 0 aliphatic carbocycles. The van der Waals surface area contributed by atoms with Crippen molar-refractivity contribution in [1.29, 1.82) is 0 Å². The highest BCUT2D eigenvalue weighted by Gasteiger charge is 2.30. The van der Waals surface area contributed by atoms with E-state index < -0.39 is 21.8 Å². The molecule has 0 saturated carbocycles. The third kappa shape index (κ3) is 9.06. The Bertz CT molecular complexity index is 734. The van der Waals surface area contributed by atoms with Gasteiger partial charge in [0.25, 0.3) is 0 Å². The fraction of sp³-hybridized carbons (Fsp3) is 0.650. The second kappa shape index (κ2) is 11.4. The molecule has 1 N–H and O–H groups in total. The number of hydrogen-bond donors (Lipinski definition) is 1. The fourth-order valence-corrected chi connectivity index (χ4v) is 3.94. The molecule has 9 heteroatoms. The summed E-state index contributed by atoms with van der Waals surface area (Å²) in [6, 6.07) is 3.95. The molecular weight excluding hydrogens is 405 g/mol. The molecule has 166 valence electrons. The number of amides is 1. The summed E-state index contributed by atoms with van der Waals surface area (Å²) in [4.78, 5) is 12.1. The van der Waals surface area contributed by atoms with E-state index in [0.29, 0.717) is 12.5 Å². The predicted molar refractivity (Wildman–Crippen MR) is 109 cm³/mol. The normalized spacial score (nSPS) is 13.2. The number of carbonyl (C=O) groups is 1. The van der Waals surface area contributed by atoms with Crippen molar-refractivity contribution in [1.82, 2.24) is 5.32 Å². The number of benzene rings is 1. The topological polar surface area (TPSA) is 66.5 Å². The second-order valence-corrected chi connectivity index (χ2v) is 9.11. The summed E-state index contributed by atoms with van der Waals surface area (Å²) >= 11 is 0. The maximum Gasteiger partial charge on any atom is 0.416 e. The first-order valence-electron chi connectivity index (χ1n) is 9.90. The van der Waals surface area contributed by atoms with Crippen molar-refractivity contribution in [2.45, 2.75) is 58.5 Å². The first-order valence-corrected chi connectivity index (χ1v) is 11.8. The van der Waals surface area contributed by atoms with Crippen molar-refractivity contribution in [3.63, 3.8) is 0 Å². The average molecular weight is 437 g/mol. The van der Waals surface area contributed by atoms with E-state index in [9.17, 15) is 26.4 Å². The van der Waals surface area contributed by atoms with Crippen LogP contribution in [0.2, 0.25) is 0 Å². The fourth-order valence-electron chi connectivity index (χ4n) is 2.98.